The largest absolute Gasteiger partial charge is 0.455 e. The predicted molar refractivity (Wildman–Crippen MR) is 549 cm³/mol. The van der Waals surface area contributed by atoms with Crippen LogP contribution in [0, 0.1) is 0 Å². The van der Waals surface area contributed by atoms with Crippen LogP contribution in [-0.4, -0.2) is 56.1 Å². The number of furan rings is 2. The molecule has 0 N–H and O–H groups in total. The first kappa shape index (κ1) is 76.1. The third-order valence-corrected chi connectivity index (χ3v) is 26.8. The van der Waals surface area contributed by atoms with E-state index in [-0.39, 0.29) is 50.7 Å². The van der Waals surface area contributed by atoms with Crippen molar-refractivity contribution in [1.82, 2.24) is 44.9 Å². The highest BCUT2D eigenvalue weighted by molar-refractivity contribution is 8.00. The number of nitrogens with zero attached hydrogens (tertiary/aromatic N) is 11. The van der Waals surface area contributed by atoms with E-state index in [2.05, 4.69) is 265 Å². The van der Waals surface area contributed by atoms with Crippen LogP contribution in [0.1, 0.15) is 6.85 Å². The van der Waals surface area contributed by atoms with Crippen molar-refractivity contribution in [3.05, 3.63) is 440 Å². The van der Waals surface area contributed by atoms with Gasteiger partial charge in [-0.3, -0.25) is 0 Å². The van der Waals surface area contributed by atoms with Gasteiger partial charge in [-0.15, -0.1) is 23.1 Å². The van der Waals surface area contributed by atoms with E-state index in [4.69, 9.17) is 65.4 Å². The quantitative estimate of drug-likeness (QED) is 0.102. The summed E-state index contributed by atoms with van der Waals surface area (Å²) in [5, 5.41) is 8.96. The van der Waals surface area contributed by atoms with Crippen LogP contribution in [0.3, 0.4) is 0 Å². The highest BCUT2D eigenvalue weighted by Crippen LogP contribution is 2.51. The number of benzene rings is 17. The molecule has 17 aromatic carbocycles. The minimum Gasteiger partial charge on any atom is -0.455 e. The van der Waals surface area contributed by atoms with Crippen LogP contribution >= 0.6 is 57.9 Å². The van der Waals surface area contributed by atoms with E-state index in [1.807, 2.05) is 157 Å². The maximum Gasteiger partial charge on any atom is 0.226 e. The minimum atomic E-state index is -0.466. The van der Waals surface area contributed by atoms with E-state index in [0.717, 1.165) is 115 Å². The molecule has 2 atom stereocenters. The molecular weight excluding hydrogens is 1740 g/mol. The van der Waals surface area contributed by atoms with Gasteiger partial charge in [0.15, 0.2) is 34.9 Å². The second-order valence-corrected chi connectivity index (χ2v) is 35.1. The Hall–Kier alpha value is -15.9. The van der Waals surface area contributed by atoms with Crippen LogP contribution in [0.5, 0.6) is 0 Å². The summed E-state index contributed by atoms with van der Waals surface area (Å²) in [6, 6.07) is 123. The van der Waals surface area contributed by atoms with Crippen LogP contribution in [0.2, 0.25) is 15.9 Å². The summed E-state index contributed by atoms with van der Waals surface area (Å²) in [5.74, 6) is 2.74. The fourth-order valence-electron chi connectivity index (χ4n) is 17.7. The molecule has 0 saturated carbocycles. The number of thioether (sulfide) groups is 1. The average Bonchev–Trinajstić information content (AvgIpc) is 1.49. The van der Waals surface area contributed by atoms with Crippen molar-refractivity contribution < 1.29 is 15.7 Å². The number of fused-ring (bicyclic) bond motifs is 13. The smallest absolute Gasteiger partial charge is 0.226 e. The fraction of sp³-hybridized carbons (Fsp3) is 0.0174. The van der Waals surface area contributed by atoms with Gasteiger partial charge in [-0.1, -0.05) is 303 Å². The number of aromatic nitrogens is 9. The Bertz CT molecular complexity index is 8770. The van der Waals surface area contributed by atoms with E-state index in [1.54, 1.807) is 34.4 Å². The highest BCUT2D eigenvalue weighted by Gasteiger charge is 2.35. The van der Waals surface area contributed by atoms with E-state index in [1.165, 1.54) is 37.7 Å². The lowest BCUT2D eigenvalue weighted by Crippen LogP contribution is -2.41. The maximum absolute atomic E-state index is 8.77. The Morgan fingerprint density at radius 1 is 0.301 bits per heavy atom. The van der Waals surface area contributed by atoms with E-state index in [9.17, 15) is 0 Å². The van der Waals surface area contributed by atoms with Crippen molar-refractivity contribution in [2.45, 2.75) is 16.2 Å². The summed E-state index contributed by atoms with van der Waals surface area (Å²) in [6.07, 6.45) is 8.82. The Kier molecular flexibility index (Phi) is 20.3. The number of thiophene rings is 1. The molecule has 0 radical (unpaired) electrons. The summed E-state index contributed by atoms with van der Waals surface area (Å²) in [4.78, 5) is 46.9. The molecule has 7 heterocycles. The van der Waals surface area contributed by atoms with Gasteiger partial charge in [0, 0.05) is 97.0 Å². The molecule has 2 aliphatic rings. The van der Waals surface area contributed by atoms with Crippen molar-refractivity contribution in [3.8, 4) is 113 Å². The maximum atomic E-state index is 8.77. The first-order valence-corrected chi connectivity index (χ1v) is 45.9. The number of anilines is 5. The normalized spacial score (nSPS) is 13.8. The zero-order valence-corrected chi connectivity index (χ0v) is 74.3. The first-order valence-electron chi connectivity index (χ1n) is 45.6. The lowest BCUT2D eigenvalue weighted by atomic mass is 9.95. The summed E-state index contributed by atoms with van der Waals surface area (Å²) in [7, 11) is 0. The zero-order chi connectivity index (χ0) is 93.2. The Morgan fingerprint density at radius 2 is 0.759 bits per heavy atom. The van der Waals surface area contributed by atoms with Crippen LogP contribution < -0.4 is 9.80 Å². The molecule has 23 aromatic rings. The summed E-state index contributed by atoms with van der Waals surface area (Å²) < 4.78 is 57.9. The van der Waals surface area contributed by atoms with Gasteiger partial charge >= 0.3 is 0 Å². The SMILES string of the molecule is Clc1nc(-c2ccc3c(c2)SC2C=CC=CC2N3c2ccccc2)nc(-c2cccc3c2oc2ccc(-c4ccccc4)cc23)n1.Clc1nc(-c2ccccc2)nc(-c2cccc3c2sc2ccc(-c4cccc(-c5ccccc5)c4)cc23)n1.[2H]c1c([2H])c([2H])c(N(c2ccccc2)c2cccc(-c3nc(Cl)nc(-c4cccc5c4oc4c6ccccc6c(-c6ccccc6)cc54)n3)c2)c([2H])c1[2H]. The van der Waals surface area contributed by atoms with Crippen molar-refractivity contribution in [1.29, 1.82) is 0 Å². The Balaban J connectivity index is 0.000000118. The van der Waals surface area contributed by atoms with Gasteiger partial charge in [0.2, 0.25) is 15.9 Å². The Morgan fingerprint density at radius 3 is 1.43 bits per heavy atom. The molecule has 0 saturated heterocycles. The summed E-state index contributed by atoms with van der Waals surface area (Å²) in [6.45, 7) is 0. The lowest BCUT2D eigenvalue weighted by molar-refractivity contribution is 0.669. The lowest BCUT2D eigenvalue weighted by Gasteiger charge is -2.42. The molecule has 632 valence electrons. The molecular formula is C115H72Cl3N11O2S2. The van der Waals surface area contributed by atoms with Crippen molar-refractivity contribution in [2.75, 3.05) is 9.80 Å². The third-order valence-electron chi connectivity index (χ3n) is 23.8. The molecule has 1 aliphatic carbocycles. The molecule has 133 heavy (non-hydrogen) atoms. The van der Waals surface area contributed by atoms with Gasteiger partial charge in [0.25, 0.3) is 0 Å². The summed E-state index contributed by atoms with van der Waals surface area (Å²) >= 11 is 23.2. The fourth-order valence-corrected chi connectivity index (χ4v) is 20.6. The molecule has 0 spiro atoms. The zero-order valence-electron chi connectivity index (χ0n) is 75.4. The topological polar surface area (TPSA) is 149 Å². The molecule has 0 amide bonds. The minimum absolute atomic E-state index is 0.0122. The molecule has 6 aromatic heterocycles. The van der Waals surface area contributed by atoms with Gasteiger partial charge in [0.05, 0.1) is 35.0 Å². The first-order chi connectivity index (χ1) is 67.7. The number of para-hydroxylation sites is 5. The molecule has 0 bridgehead atoms. The molecule has 1 aliphatic heterocycles. The Labute approximate surface area is 795 Å². The predicted octanol–water partition coefficient (Wildman–Crippen LogP) is 32.1. The molecule has 25 rings (SSSR count). The number of halogens is 3. The average molecular weight is 1820 g/mol. The number of allylic oxidation sites excluding steroid dienone is 2. The van der Waals surface area contributed by atoms with Crippen molar-refractivity contribution in [2.24, 2.45) is 0 Å². The molecule has 2 unspecified atom stereocenters. The van der Waals surface area contributed by atoms with Gasteiger partial charge in [-0.25, -0.2) is 15.0 Å². The number of rotatable bonds is 14. The standard InChI is InChI=1S/C43H27ClN4O.C39H25ClN4OS.C33H20ClN3S/c44-43-46-41(29-16-12-21-32(26-29)48(30-17-6-2-7-18-30)31-19-8-3-9-20-31)45-42(47-43)36-25-13-24-35-38-27-37(28-14-4-1-5-15-28)33-22-10-11-23-34(33)40(38)49-39(35)36;40-39-42-37(26-18-20-32-35(23-26)46-34-17-8-7-16-31(34)44(32)27-12-5-2-6-13-27)41-38(43-39)29-15-9-14-28-30-22-25(24-10-3-1-4-11-24)19-21-33(30)45-36(28)29;34-33-36-31(22-11-5-2-6-12-22)35-32(37-33)27-16-8-15-26-28-20-25(17-18-29(28)38-30(26)27)24-14-7-13-23(19-24)21-9-3-1-4-10-21/h1-27H;1-23,31,34H;1-20H/i2D,6D,7D,17D,18D;;. The van der Waals surface area contributed by atoms with E-state index < -0.39 is 18.1 Å². The van der Waals surface area contributed by atoms with Gasteiger partial charge in [0.1, 0.15) is 22.3 Å². The van der Waals surface area contributed by atoms with Crippen LogP contribution in [0.25, 0.3) is 188 Å². The second-order valence-electron chi connectivity index (χ2n) is 31.8. The van der Waals surface area contributed by atoms with Crippen molar-refractivity contribution in [3.63, 3.8) is 0 Å². The highest BCUT2D eigenvalue weighted by atomic mass is 35.5. The second kappa shape index (κ2) is 35.5. The molecule has 0 fully saturated rings. The van der Waals surface area contributed by atoms with Gasteiger partial charge in [-0.05, 0) is 206 Å². The third kappa shape index (κ3) is 16.0. The molecule has 18 heteroatoms. The number of hydrogen-bond acceptors (Lipinski definition) is 15. The molecule has 13 nitrogen and oxygen atoms in total. The van der Waals surface area contributed by atoms with Crippen LogP contribution in [0.4, 0.5) is 28.4 Å². The monoisotopic (exact) mass is 1810 g/mol. The van der Waals surface area contributed by atoms with Gasteiger partial charge in [-0.2, -0.15) is 29.9 Å². The van der Waals surface area contributed by atoms with Gasteiger partial charge < -0.3 is 18.6 Å². The van der Waals surface area contributed by atoms with E-state index >= 15 is 0 Å². The van der Waals surface area contributed by atoms with E-state index in [0.29, 0.717) is 57.2 Å². The van der Waals surface area contributed by atoms with Crippen molar-refractivity contribution >= 4 is 161 Å². The summed E-state index contributed by atoms with van der Waals surface area (Å²) in [5.41, 5.74) is 20.4. The van der Waals surface area contributed by atoms with Crippen LogP contribution in [0.15, 0.2) is 438 Å². The number of hydrogen-bond donors (Lipinski definition) is 0. The van der Waals surface area contributed by atoms with Crippen LogP contribution in [-0.2, 0) is 0 Å².